The van der Waals surface area contributed by atoms with E-state index in [9.17, 15) is 4.79 Å². The molecule has 0 aromatic heterocycles. The third kappa shape index (κ3) is 1.76. The van der Waals surface area contributed by atoms with Crippen molar-refractivity contribution in [3.8, 4) is 0 Å². The second-order valence-corrected chi connectivity index (χ2v) is 3.54. The van der Waals surface area contributed by atoms with Gasteiger partial charge in [0.25, 0.3) is 5.91 Å². The molecular formula is C8H16N2O2. The van der Waals surface area contributed by atoms with Crippen LogP contribution in [0.25, 0.3) is 0 Å². The summed E-state index contributed by atoms with van der Waals surface area (Å²) in [6, 6.07) is 0.465. The lowest BCUT2D eigenvalue weighted by Crippen LogP contribution is -2.60. The van der Waals surface area contributed by atoms with Gasteiger partial charge in [-0.2, -0.15) is 0 Å². The Hall–Kier alpha value is -0.610. The Bertz CT molecular complexity index is 174. The van der Waals surface area contributed by atoms with E-state index in [1.54, 1.807) is 4.90 Å². The summed E-state index contributed by atoms with van der Waals surface area (Å²) >= 11 is 0. The highest BCUT2D eigenvalue weighted by molar-refractivity contribution is 5.81. The van der Waals surface area contributed by atoms with Crippen molar-refractivity contribution < 1.29 is 9.90 Å². The molecule has 1 rings (SSSR count). The van der Waals surface area contributed by atoms with E-state index in [0.29, 0.717) is 6.04 Å². The van der Waals surface area contributed by atoms with Crippen LogP contribution in [0.5, 0.6) is 0 Å². The monoisotopic (exact) mass is 172 g/mol. The zero-order valence-electron chi connectivity index (χ0n) is 7.82. The van der Waals surface area contributed by atoms with Crippen molar-refractivity contribution in [1.29, 1.82) is 0 Å². The highest BCUT2D eigenvalue weighted by Gasteiger charge is 2.33. The fourth-order valence-electron chi connectivity index (χ4n) is 1.23. The maximum absolute atomic E-state index is 11.2. The van der Waals surface area contributed by atoms with Gasteiger partial charge in [0.1, 0.15) is 6.10 Å². The molecule has 4 nitrogen and oxygen atoms in total. The van der Waals surface area contributed by atoms with Crippen LogP contribution in [0, 0.1) is 0 Å². The van der Waals surface area contributed by atoms with E-state index < -0.39 is 6.10 Å². The van der Waals surface area contributed by atoms with Crippen LogP contribution in [0.4, 0.5) is 0 Å². The third-order valence-corrected chi connectivity index (χ3v) is 2.26. The molecule has 0 aliphatic carbocycles. The van der Waals surface area contributed by atoms with E-state index in [1.165, 1.54) is 6.92 Å². The number of carbonyl (C=O) groups is 1. The molecule has 0 radical (unpaired) electrons. The minimum absolute atomic E-state index is 0.159. The molecule has 1 heterocycles. The standard InChI is InChI=1S/C8H16N2O2/c1-6(11)8(12)10-4-7(5-10)9(2)3/h6-7,11H,4-5H2,1-3H3. The molecule has 1 amide bonds. The Morgan fingerprint density at radius 2 is 2.08 bits per heavy atom. The second kappa shape index (κ2) is 3.41. The molecule has 1 fully saturated rings. The summed E-state index contributed by atoms with van der Waals surface area (Å²) in [5.74, 6) is -0.159. The molecule has 12 heavy (non-hydrogen) atoms. The van der Waals surface area contributed by atoms with Gasteiger partial charge in [0.15, 0.2) is 0 Å². The first-order valence-electron chi connectivity index (χ1n) is 4.15. The predicted octanol–water partition coefficient (Wildman–Crippen LogP) is -0.860. The number of rotatable bonds is 2. The zero-order valence-corrected chi connectivity index (χ0v) is 7.82. The molecule has 1 aliphatic rings. The summed E-state index contributed by atoms with van der Waals surface area (Å²) in [6.45, 7) is 3.00. The van der Waals surface area contributed by atoms with Crippen molar-refractivity contribution in [2.45, 2.75) is 19.1 Å². The van der Waals surface area contributed by atoms with Crippen LogP contribution >= 0.6 is 0 Å². The van der Waals surface area contributed by atoms with Gasteiger partial charge in [0.2, 0.25) is 0 Å². The molecule has 0 aromatic carbocycles. The smallest absolute Gasteiger partial charge is 0.251 e. The summed E-state index contributed by atoms with van der Waals surface area (Å²) < 4.78 is 0. The lowest BCUT2D eigenvalue weighted by atomic mass is 10.1. The van der Waals surface area contributed by atoms with E-state index in [4.69, 9.17) is 5.11 Å². The first-order chi connectivity index (χ1) is 5.52. The molecule has 70 valence electrons. The molecule has 0 saturated carbocycles. The average Bonchev–Trinajstić information content (AvgIpc) is 1.82. The first kappa shape index (κ1) is 9.48. The predicted molar refractivity (Wildman–Crippen MR) is 45.7 cm³/mol. The van der Waals surface area contributed by atoms with Crippen molar-refractivity contribution in [2.24, 2.45) is 0 Å². The number of aliphatic hydroxyl groups is 1. The largest absolute Gasteiger partial charge is 0.384 e. The third-order valence-electron chi connectivity index (χ3n) is 2.26. The topological polar surface area (TPSA) is 43.8 Å². The fraction of sp³-hybridized carbons (Fsp3) is 0.875. The van der Waals surface area contributed by atoms with Gasteiger partial charge in [-0.1, -0.05) is 0 Å². The van der Waals surface area contributed by atoms with Gasteiger partial charge in [0, 0.05) is 19.1 Å². The number of carbonyl (C=O) groups excluding carboxylic acids is 1. The SMILES string of the molecule is CC(O)C(=O)N1CC(N(C)C)C1. The van der Waals surface area contributed by atoms with Gasteiger partial charge >= 0.3 is 0 Å². The van der Waals surface area contributed by atoms with Crippen LogP contribution in [-0.4, -0.2) is 60.1 Å². The Morgan fingerprint density at radius 3 is 2.42 bits per heavy atom. The first-order valence-corrected chi connectivity index (χ1v) is 4.15. The molecule has 1 N–H and O–H groups in total. The number of nitrogens with zero attached hydrogens (tertiary/aromatic N) is 2. The van der Waals surface area contributed by atoms with E-state index in [-0.39, 0.29) is 5.91 Å². The zero-order chi connectivity index (χ0) is 9.30. The lowest BCUT2D eigenvalue weighted by Gasteiger charge is -2.43. The molecule has 0 spiro atoms. The van der Waals surface area contributed by atoms with Gasteiger partial charge in [-0.3, -0.25) is 4.79 Å². The Balaban J connectivity index is 2.30. The molecular weight excluding hydrogens is 156 g/mol. The minimum Gasteiger partial charge on any atom is -0.384 e. The van der Waals surface area contributed by atoms with Gasteiger partial charge in [-0.25, -0.2) is 0 Å². The minimum atomic E-state index is -0.854. The number of amides is 1. The highest BCUT2D eigenvalue weighted by Crippen LogP contribution is 2.13. The number of likely N-dealkylation sites (tertiary alicyclic amines) is 1. The molecule has 1 aliphatic heterocycles. The average molecular weight is 172 g/mol. The molecule has 4 heteroatoms. The molecule has 1 unspecified atom stereocenters. The molecule has 0 bridgehead atoms. The number of likely N-dealkylation sites (N-methyl/N-ethyl adjacent to an activating group) is 1. The second-order valence-electron chi connectivity index (χ2n) is 3.54. The van der Waals surface area contributed by atoms with Crippen molar-refractivity contribution in [1.82, 2.24) is 9.80 Å². The summed E-state index contributed by atoms with van der Waals surface area (Å²) in [5.41, 5.74) is 0. The number of aliphatic hydroxyl groups excluding tert-OH is 1. The van der Waals surface area contributed by atoms with Gasteiger partial charge in [0.05, 0.1) is 0 Å². The van der Waals surface area contributed by atoms with Gasteiger partial charge in [-0.05, 0) is 21.0 Å². The maximum atomic E-state index is 11.2. The molecule has 0 aromatic rings. The van der Waals surface area contributed by atoms with Gasteiger partial charge in [-0.15, -0.1) is 0 Å². The van der Waals surface area contributed by atoms with E-state index in [2.05, 4.69) is 4.90 Å². The van der Waals surface area contributed by atoms with E-state index in [0.717, 1.165) is 13.1 Å². The Morgan fingerprint density at radius 1 is 1.58 bits per heavy atom. The van der Waals surface area contributed by atoms with Crippen LogP contribution in [0.1, 0.15) is 6.92 Å². The van der Waals surface area contributed by atoms with Crippen LogP contribution < -0.4 is 0 Å². The van der Waals surface area contributed by atoms with Crippen molar-refractivity contribution in [2.75, 3.05) is 27.2 Å². The van der Waals surface area contributed by atoms with Crippen LogP contribution in [0.3, 0.4) is 0 Å². The number of hydrogen-bond donors (Lipinski definition) is 1. The highest BCUT2D eigenvalue weighted by atomic mass is 16.3. The van der Waals surface area contributed by atoms with Crippen LogP contribution in [0.2, 0.25) is 0 Å². The molecule has 1 saturated heterocycles. The summed E-state index contributed by atoms with van der Waals surface area (Å²) in [4.78, 5) is 14.9. The fourth-order valence-corrected chi connectivity index (χ4v) is 1.23. The summed E-state index contributed by atoms with van der Waals surface area (Å²) in [6.07, 6.45) is -0.854. The van der Waals surface area contributed by atoms with Crippen LogP contribution in [-0.2, 0) is 4.79 Å². The van der Waals surface area contributed by atoms with Crippen molar-refractivity contribution in [3.05, 3.63) is 0 Å². The van der Waals surface area contributed by atoms with Crippen LogP contribution in [0.15, 0.2) is 0 Å². The lowest BCUT2D eigenvalue weighted by molar-refractivity contribution is -0.146. The molecule has 1 atom stereocenters. The van der Waals surface area contributed by atoms with Crippen molar-refractivity contribution in [3.63, 3.8) is 0 Å². The Kier molecular flexibility index (Phi) is 2.69. The summed E-state index contributed by atoms with van der Waals surface area (Å²) in [7, 11) is 3.99. The maximum Gasteiger partial charge on any atom is 0.251 e. The Labute approximate surface area is 72.8 Å². The summed E-state index contributed by atoms with van der Waals surface area (Å²) in [5, 5.41) is 8.98. The number of hydrogen-bond acceptors (Lipinski definition) is 3. The van der Waals surface area contributed by atoms with E-state index >= 15 is 0 Å². The van der Waals surface area contributed by atoms with Gasteiger partial charge < -0.3 is 14.9 Å². The van der Waals surface area contributed by atoms with E-state index in [1.807, 2.05) is 14.1 Å². The van der Waals surface area contributed by atoms with Crippen molar-refractivity contribution >= 4 is 5.91 Å². The quantitative estimate of drug-likeness (QED) is 0.589. The normalized spacial score (nSPS) is 20.9.